The van der Waals surface area contributed by atoms with Crippen molar-refractivity contribution in [3.05, 3.63) is 60.3 Å². The lowest BCUT2D eigenvalue weighted by atomic mass is 9.81. The Labute approximate surface area is 169 Å². The van der Waals surface area contributed by atoms with Gasteiger partial charge in [0.05, 0.1) is 27.1 Å². The molecule has 1 N–H and O–H groups in total. The summed E-state index contributed by atoms with van der Waals surface area (Å²) in [7, 11) is 0. The van der Waals surface area contributed by atoms with Gasteiger partial charge in [-0.15, -0.1) is 0 Å². The van der Waals surface area contributed by atoms with E-state index in [9.17, 15) is 0 Å². The zero-order valence-electron chi connectivity index (χ0n) is 16.1. The van der Waals surface area contributed by atoms with Crippen molar-refractivity contribution in [2.24, 2.45) is 5.92 Å². The van der Waals surface area contributed by atoms with Gasteiger partial charge in [-0.25, -0.2) is 4.98 Å². The third-order valence-electron chi connectivity index (χ3n) is 6.43. The first-order valence-electron chi connectivity index (χ1n) is 10.2. The van der Waals surface area contributed by atoms with Gasteiger partial charge in [0.2, 0.25) is 0 Å². The minimum atomic E-state index is 0.0479. The molecule has 1 saturated heterocycles. The molecule has 1 atom stereocenters. The summed E-state index contributed by atoms with van der Waals surface area (Å²) >= 11 is 1.82. The second-order valence-electron chi connectivity index (χ2n) is 8.32. The molecule has 3 aromatic rings. The second-order valence-corrected chi connectivity index (χ2v) is 9.32. The fraction of sp³-hybridized carbons (Fsp3) is 0.348. The van der Waals surface area contributed by atoms with Crippen molar-refractivity contribution < 1.29 is 0 Å². The first-order chi connectivity index (χ1) is 13.7. The number of piperidine rings is 1. The highest BCUT2D eigenvalue weighted by Gasteiger charge is 2.46. The molecular formula is C23H24N4S. The SMILES string of the molecule is CC1C=C2N(C1)c1ccccc1NC21CCN(c2nc3ccccc3s2)CC1. The highest BCUT2D eigenvalue weighted by atomic mass is 32.1. The molecule has 0 bridgehead atoms. The number of para-hydroxylation sites is 3. The van der Waals surface area contributed by atoms with Crippen molar-refractivity contribution in [1.82, 2.24) is 4.98 Å². The van der Waals surface area contributed by atoms with Gasteiger partial charge in [0.1, 0.15) is 0 Å². The minimum Gasteiger partial charge on any atom is -0.372 e. The van der Waals surface area contributed by atoms with Crippen LogP contribution in [0.3, 0.4) is 0 Å². The molecule has 28 heavy (non-hydrogen) atoms. The fourth-order valence-corrected chi connectivity index (χ4v) is 6.05. The van der Waals surface area contributed by atoms with E-state index < -0.39 is 0 Å². The number of rotatable bonds is 1. The van der Waals surface area contributed by atoms with E-state index in [0.29, 0.717) is 5.92 Å². The molecule has 1 unspecified atom stereocenters. The summed E-state index contributed by atoms with van der Waals surface area (Å²) in [6.07, 6.45) is 4.70. The number of hydrogen-bond donors (Lipinski definition) is 1. The number of hydrogen-bond acceptors (Lipinski definition) is 5. The van der Waals surface area contributed by atoms with E-state index in [2.05, 4.69) is 76.6 Å². The van der Waals surface area contributed by atoms with Crippen LogP contribution >= 0.6 is 11.3 Å². The van der Waals surface area contributed by atoms with Gasteiger partial charge in [0.25, 0.3) is 0 Å². The number of nitrogens with one attached hydrogen (secondary N) is 1. The van der Waals surface area contributed by atoms with E-state index >= 15 is 0 Å². The lowest BCUT2D eigenvalue weighted by Crippen LogP contribution is -2.55. The van der Waals surface area contributed by atoms with Crippen molar-refractivity contribution in [2.75, 3.05) is 34.8 Å². The summed E-state index contributed by atoms with van der Waals surface area (Å²) in [4.78, 5) is 9.92. The smallest absolute Gasteiger partial charge is 0.186 e. The molecule has 142 valence electrons. The lowest BCUT2D eigenvalue weighted by Gasteiger charge is -2.50. The maximum atomic E-state index is 4.88. The standard InChI is InChI=1S/C23H24N4S/c1-16-14-21-23(25-17-6-2-4-8-19(17)27(21)15-16)10-12-26(13-11-23)22-24-18-7-3-5-9-20(18)28-22/h2-9,14,16,25H,10-13,15H2,1H3. The van der Waals surface area contributed by atoms with Crippen molar-refractivity contribution in [3.8, 4) is 0 Å². The summed E-state index contributed by atoms with van der Waals surface area (Å²) in [6.45, 7) is 5.50. The average Bonchev–Trinajstić information content (AvgIpc) is 3.33. The summed E-state index contributed by atoms with van der Waals surface area (Å²) in [5, 5.41) is 5.11. The van der Waals surface area contributed by atoms with Gasteiger partial charge < -0.3 is 15.1 Å². The second kappa shape index (κ2) is 5.98. The van der Waals surface area contributed by atoms with Crippen LogP contribution in [0, 0.1) is 5.92 Å². The van der Waals surface area contributed by atoms with E-state index in [1.165, 1.54) is 21.8 Å². The number of benzene rings is 2. The molecule has 0 radical (unpaired) electrons. The van der Waals surface area contributed by atoms with Crippen LogP contribution in [0.2, 0.25) is 0 Å². The molecule has 3 aliphatic rings. The molecule has 2 aromatic carbocycles. The van der Waals surface area contributed by atoms with Gasteiger partial charge in [-0.1, -0.05) is 48.6 Å². The van der Waals surface area contributed by atoms with Crippen LogP contribution in [0.25, 0.3) is 10.2 Å². The van der Waals surface area contributed by atoms with Crippen molar-refractivity contribution >= 4 is 38.1 Å². The maximum absolute atomic E-state index is 4.88. The minimum absolute atomic E-state index is 0.0479. The van der Waals surface area contributed by atoms with Crippen LogP contribution < -0.4 is 15.1 Å². The van der Waals surface area contributed by atoms with Crippen molar-refractivity contribution in [1.29, 1.82) is 0 Å². The van der Waals surface area contributed by atoms with Crippen LogP contribution in [0.15, 0.2) is 60.3 Å². The van der Waals surface area contributed by atoms with Crippen LogP contribution in [0.5, 0.6) is 0 Å². The molecule has 0 amide bonds. The Morgan fingerprint density at radius 2 is 1.86 bits per heavy atom. The highest BCUT2D eigenvalue weighted by molar-refractivity contribution is 7.22. The van der Waals surface area contributed by atoms with Crippen molar-refractivity contribution in [3.63, 3.8) is 0 Å². The average molecular weight is 389 g/mol. The normalized spacial score (nSPS) is 22.8. The van der Waals surface area contributed by atoms with E-state index in [0.717, 1.165) is 43.1 Å². The number of anilines is 3. The van der Waals surface area contributed by atoms with Gasteiger partial charge in [0.15, 0.2) is 5.13 Å². The number of thiazole rings is 1. The zero-order chi connectivity index (χ0) is 18.7. The predicted octanol–water partition coefficient (Wildman–Crippen LogP) is 5.10. The molecular weight excluding hydrogens is 364 g/mol. The molecule has 1 fully saturated rings. The largest absolute Gasteiger partial charge is 0.372 e. The van der Waals surface area contributed by atoms with E-state index in [-0.39, 0.29) is 5.54 Å². The molecule has 4 nitrogen and oxygen atoms in total. The van der Waals surface area contributed by atoms with E-state index in [1.54, 1.807) is 0 Å². The number of nitrogens with zero attached hydrogens (tertiary/aromatic N) is 3. The molecule has 1 spiro atoms. The third-order valence-corrected chi connectivity index (χ3v) is 7.53. The Hall–Kier alpha value is -2.53. The Balaban J connectivity index is 1.31. The first kappa shape index (κ1) is 16.4. The summed E-state index contributed by atoms with van der Waals surface area (Å²) < 4.78 is 1.28. The Morgan fingerprint density at radius 3 is 2.71 bits per heavy atom. The Kier molecular flexibility index (Phi) is 3.51. The van der Waals surface area contributed by atoms with Crippen LogP contribution in [0.4, 0.5) is 16.5 Å². The van der Waals surface area contributed by atoms with Crippen LogP contribution in [-0.4, -0.2) is 30.2 Å². The van der Waals surface area contributed by atoms with Crippen LogP contribution in [0.1, 0.15) is 19.8 Å². The van der Waals surface area contributed by atoms with Gasteiger partial charge in [-0.2, -0.15) is 0 Å². The lowest BCUT2D eigenvalue weighted by molar-refractivity contribution is 0.405. The van der Waals surface area contributed by atoms with Gasteiger partial charge in [-0.3, -0.25) is 0 Å². The molecule has 1 aromatic heterocycles. The van der Waals surface area contributed by atoms with Crippen LogP contribution in [-0.2, 0) is 0 Å². The summed E-state index contributed by atoms with van der Waals surface area (Å²) in [5.74, 6) is 0.599. The van der Waals surface area contributed by atoms with E-state index in [4.69, 9.17) is 4.98 Å². The third kappa shape index (κ3) is 2.39. The van der Waals surface area contributed by atoms with Gasteiger partial charge >= 0.3 is 0 Å². The quantitative estimate of drug-likeness (QED) is 0.628. The summed E-state index contributed by atoms with van der Waals surface area (Å²) in [5.41, 5.74) is 5.26. The van der Waals surface area contributed by atoms with Gasteiger partial charge in [-0.05, 0) is 43.0 Å². The number of aromatic nitrogens is 1. The molecule has 5 heteroatoms. The van der Waals surface area contributed by atoms with Gasteiger partial charge in [0, 0.05) is 25.3 Å². The zero-order valence-corrected chi connectivity index (χ0v) is 16.9. The first-order valence-corrected chi connectivity index (χ1v) is 11.0. The Bertz CT molecular complexity index is 1040. The predicted molar refractivity (Wildman–Crippen MR) is 118 cm³/mol. The molecule has 0 aliphatic carbocycles. The summed E-state index contributed by atoms with van der Waals surface area (Å²) in [6, 6.07) is 17.2. The van der Waals surface area contributed by atoms with E-state index in [1.807, 2.05) is 11.3 Å². The maximum Gasteiger partial charge on any atom is 0.186 e. The number of fused-ring (bicyclic) bond motifs is 5. The topological polar surface area (TPSA) is 31.4 Å². The molecule has 6 rings (SSSR count). The molecule has 3 aliphatic heterocycles. The Morgan fingerprint density at radius 1 is 1.07 bits per heavy atom. The van der Waals surface area contributed by atoms with Crippen molar-refractivity contribution in [2.45, 2.75) is 25.3 Å². The molecule has 0 saturated carbocycles. The molecule has 4 heterocycles. The monoisotopic (exact) mass is 388 g/mol. The highest BCUT2D eigenvalue weighted by Crippen LogP contribution is 2.48. The fourth-order valence-electron chi connectivity index (χ4n) is 5.04.